The average molecular weight is 414 g/mol. The molecule has 2 aliphatic heterocycles. The fraction of sp³-hybridized carbons (Fsp3) is 0.609. The van der Waals surface area contributed by atoms with Gasteiger partial charge in [0, 0.05) is 41.6 Å². The van der Waals surface area contributed by atoms with Crippen LogP contribution >= 0.6 is 11.3 Å². The van der Waals surface area contributed by atoms with Crippen LogP contribution in [0.1, 0.15) is 64.0 Å². The van der Waals surface area contributed by atoms with Crippen molar-refractivity contribution in [2.45, 2.75) is 58.3 Å². The Morgan fingerprint density at radius 2 is 1.76 bits per heavy atom. The van der Waals surface area contributed by atoms with Crippen molar-refractivity contribution in [1.29, 1.82) is 0 Å². The van der Waals surface area contributed by atoms with Crippen LogP contribution in [0.5, 0.6) is 0 Å². The van der Waals surface area contributed by atoms with Crippen LogP contribution < -0.4 is 0 Å². The van der Waals surface area contributed by atoms with Gasteiger partial charge in [-0.1, -0.05) is 13.8 Å². The topological polar surface area (TPSA) is 53.5 Å². The van der Waals surface area contributed by atoms with Gasteiger partial charge >= 0.3 is 0 Å². The summed E-state index contributed by atoms with van der Waals surface area (Å²) >= 11 is 1.79. The second-order valence-electron chi connectivity index (χ2n) is 9.31. The molecule has 2 amide bonds. The monoisotopic (exact) mass is 413 g/mol. The molecule has 4 rings (SSSR count). The number of aromatic nitrogens is 1. The molecule has 0 N–H and O–H groups in total. The van der Waals surface area contributed by atoms with E-state index in [1.807, 2.05) is 20.0 Å². The fourth-order valence-electron chi connectivity index (χ4n) is 4.74. The van der Waals surface area contributed by atoms with E-state index >= 15 is 0 Å². The van der Waals surface area contributed by atoms with Crippen LogP contribution in [0.15, 0.2) is 23.7 Å². The first-order valence-electron chi connectivity index (χ1n) is 10.8. The Bertz CT molecular complexity index is 863. The summed E-state index contributed by atoms with van der Waals surface area (Å²) in [6, 6.07) is 4.32. The highest BCUT2D eigenvalue weighted by Gasteiger charge is 2.36. The van der Waals surface area contributed by atoms with Gasteiger partial charge in [0.15, 0.2) is 0 Å². The van der Waals surface area contributed by atoms with E-state index < -0.39 is 0 Å². The van der Waals surface area contributed by atoms with E-state index in [-0.39, 0.29) is 17.2 Å². The molecule has 2 aromatic heterocycles. The molecule has 0 unspecified atom stereocenters. The minimum atomic E-state index is -0.183. The standard InChI is InChI=1S/C23H31N3O2S/c1-23(2)15-20(27)26(21(28)16-23)11-4-3-10-25-12-6-17(7-13-25)22-18-8-14-29-19(18)5-9-24-22/h5,8-9,14,17H,3-4,6-7,10-13,15-16H2,1-2H3. The second kappa shape index (κ2) is 8.52. The third kappa shape index (κ3) is 4.69. The first-order valence-corrected chi connectivity index (χ1v) is 11.7. The van der Waals surface area contributed by atoms with Crippen LogP contribution in [-0.2, 0) is 9.59 Å². The second-order valence-corrected chi connectivity index (χ2v) is 10.3. The minimum Gasteiger partial charge on any atom is -0.303 e. The zero-order chi connectivity index (χ0) is 20.4. The summed E-state index contributed by atoms with van der Waals surface area (Å²) in [5, 5.41) is 3.49. The maximum Gasteiger partial charge on any atom is 0.229 e. The van der Waals surface area contributed by atoms with Gasteiger partial charge in [-0.2, -0.15) is 0 Å². The summed E-state index contributed by atoms with van der Waals surface area (Å²) in [4.78, 5) is 33.2. The number of fused-ring (bicyclic) bond motifs is 1. The molecule has 156 valence electrons. The van der Waals surface area contributed by atoms with Crippen LogP contribution in [0.25, 0.3) is 10.1 Å². The van der Waals surface area contributed by atoms with E-state index in [1.54, 1.807) is 11.3 Å². The number of rotatable bonds is 6. The lowest BCUT2D eigenvalue weighted by Gasteiger charge is -2.35. The molecule has 2 aliphatic rings. The highest BCUT2D eigenvalue weighted by atomic mass is 32.1. The van der Waals surface area contributed by atoms with Gasteiger partial charge in [0.25, 0.3) is 0 Å². The number of hydrogen-bond donors (Lipinski definition) is 0. The minimum absolute atomic E-state index is 0.00201. The van der Waals surface area contributed by atoms with Gasteiger partial charge in [-0.3, -0.25) is 19.5 Å². The number of hydrogen-bond acceptors (Lipinski definition) is 5. The van der Waals surface area contributed by atoms with Gasteiger partial charge < -0.3 is 4.90 Å². The number of carbonyl (C=O) groups excluding carboxylic acids is 2. The molecule has 0 radical (unpaired) electrons. The summed E-state index contributed by atoms with van der Waals surface area (Å²) in [7, 11) is 0. The zero-order valence-electron chi connectivity index (χ0n) is 17.5. The van der Waals surface area contributed by atoms with E-state index in [9.17, 15) is 9.59 Å². The molecule has 4 heterocycles. The molecule has 0 saturated carbocycles. The summed E-state index contributed by atoms with van der Waals surface area (Å²) in [5.41, 5.74) is 1.09. The molecule has 0 aliphatic carbocycles. The molecule has 2 saturated heterocycles. The number of carbonyl (C=O) groups is 2. The van der Waals surface area contributed by atoms with E-state index in [0.717, 1.165) is 45.3 Å². The third-order valence-corrected chi connectivity index (χ3v) is 7.23. The molecule has 0 atom stereocenters. The Labute approximate surface area is 177 Å². The number of unbranched alkanes of at least 4 members (excludes halogenated alkanes) is 1. The summed E-state index contributed by atoms with van der Waals surface area (Å²) in [6.45, 7) is 7.82. The number of piperidine rings is 2. The molecular formula is C23H31N3O2S. The van der Waals surface area contributed by atoms with Crippen molar-refractivity contribution in [3.05, 3.63) is 29.4 Å². The van der Waals surface area contributed by atoms with Crippen molar-refractivity contribution in [2.24, 2.45) is 5.41 Å². The fourth-order valence-corrected chi connectivity index (χ4v) is 5.53. The Balaban J connectivity index is 1.20. The van der Waals surface area contributed by atoms with E-state index in [2.05, 4.69) is 22.4 Å². The van der Waals surface area contributed by atoms with Gasteiger partial charge in [-0.15, -0.1) is 11.3 Å². The third-order valence-electron chi connectivity index (χ3n) is 6.35. The predicted octanol–water partition coefficient (Wildman–Crippen LogP) is 4.43. The maximum atomic E-state index is 12.3. The van der Waals surface area contributed by atoms with Gasteiger partial charge in [-0.25, -0.2) is 0 Å². The lowest BCUT2D eigenvalue weighted by Crippen LogP contribution is -2.46. The van der Waals surface area contributed by atoms with Crippen molar-refractivity contribution in [3.8, 4) is 0 Å². The van der Waals surface area contributed by atoms with Gasteiger partial charge in [0.1, 0.15) is 0 Å². The van der Waals surface area contributed by atoms with Gasteiger partial charge in [0.05, 0.1) is 5.69 Å². The Hall–Kier alpha value is -1.79. The molecule has 0 bridgehead atoms. The number of nitrogens with zero attached hydrogens (tertiary/aromatic N) is 3. The number of thiophene rings is 1. The van der Waals surface area contributed by atoms with Crippen molar-refractivity contribution < 1.29 is 9.59 Å². The van der Waals surface area contributed by atoms with E-state index in [1.165, 1.54) is 20.7 Å². The van der Waals surface area contributed by atoms with E-state index in [0.29, 0.717) is 25.3 Å². The normalized spacial score (nSPS) is 21.2. The molecule has 0 aromatic carbocycles. The quantitative estimate of drug-likeness (QED) is 0.519. The summed E-state index contributed by atoms with van der Waals surface area (Å²) in [6.07, 6.45) is 7.15. The highest BCUT2D eigenvalue weighted by molar-refractivity contribution is 7.17. The average Bonchev–Trinajstić information content (AvgIpc) is 3.15. The Kier molecular flexibility index (Phi) is 6.02. The van der Waals surface area contributed by atoms with Crippen molar-refractivity contribution in [3.63, 3.8) is 0 Å². The molecule has 5 nitrogen and oxygen atoms in total. The predicted molar refractivity (Wildman–Crippen MR) is 117 cm³/mol. The summed E-state index contributed by atoms with van der Waals surface area (Å²) < 4.78 is 1.34. The first-order chi connectivity index (χ1) is 13.9. The van der Waals surface area contributed by atoms with Crippen LogP contribution in [0.2, 0.25) is 0 Å². The number of imide groups is 1. The number of amides is 2. The molecule has 6 heteroatoms. The maximum absolute atomic E-state index is 12.3. The molecule has 2 aromatic rings. The Morgan fingerprint density at radius 1 is 1.07 bits per heavy atom. The van der Waals surface area contributed by atoms with Gasteiger partial charge in [0.2, 0.25) is 11.8 Å². The zero-order valence-corrected chi connectivity index (χ0v) is 18.3. The van der Waals surface area contributed by atoms with Crippen molar-refractivity contribution in [1.82, 2.24) is 14.8 Å². The SMILES string of the molecule is CC1(C)CC(=O)N(CCCCN2CCC(c3nccc4sccc34)CC2)C(=O)C1. The first kappa shape index (κ1) is 20.5. The largest absolute Gasteiger partial charge is 0.303 e. The van der Waals surface area contributed by atoms with Crippen molar-refractivity contribution >= 4 is 33.2 Å². The molecular weight excluding hydrogens is 382 g/mol. The lowest BCUT2D eigenvalue weighted by molar-refractivity contribution is -0.152. The van der Waals surface area contributed by atoms with Crippen LogP contribution in [-0.4, -0.2) is 52.8 Å². The van der Waals surface area contributed by atoms with Crippen LogP contribution in [0, 0.1) is 5.41 Å². The molecule has 2 fully saturated rings. The van der Waals surface area contributed by atoms with Gasteiger partial charge in [-0.05, 0) is 68.2 Å². The number of pyridine rings is 1. The van der Waals surface area contributed by atoms with E-state index in [4.69, 9.17) is 4.98 Å². The molecule has 0 spiro atoms. The van der Waals surface area contributed by atoms with Crippen molar-refractivity contribution in [2.75, 3.05) is 26.2 Å². The van der Waals surface area contributed by atoms with Crippen LogP contribution in [0.4, 0.5) is 0 Å². The molecule has 29 heavy (non-hydrogen) atoms. The smallest absolute Gasteiger partial charge is 0.229 e. The Morgan fingerprint density at radius 3 is 2.48 bits per heavy atom. The number of likely N-dealkylation sites (tertiary alicyclic amines) is 2. The summed E-state index contributed by atoms with van der Waals surface area (Å²) in [5.74, 6) is 0.556. The lowest BCUT2D eigenvalue weighted by atomic mass is 9.82. The van der Waals surface area contributed by atoms with Crippen LogP contribution in [0.3, 0.4) is 0 Å². The highest BCUT2D eigenvalue weighted by Crippen LogP contribution is 2.34.